The Labute approximate surface area is 123 Å². The Bertz CT molecular complexity index is 340. The van der Waals surface area contributed by atoms with Crippen LogP contribution in [-0.4, -0.2) is 44.9 Å². The molecule has 0 saturated heterocycles. The van der Waals surface area contributed by atoms with Gasteiger partial charge in [0, 0.05) is 0 Å². The summed E-state index contributed by atoms with van der Waals surface area (Å²) in [5.41, 5.74) is 4.37. The summed E-state index contributed by atoms with van der Waals surface area (Å²) in [4.78, 5) is 0. The minimum absolute atomic E-state index is 0.343. The first-order chi connectivity index (χ1) is 7.78. The number of hydrogen-bond acceptors (Lipinski definition) is 2. The van der Waals surface area contributed by atoms with Gasteiger partial charge in [-0.05, 0) is 0 Å². The van der Waals surface area contributed by atoms with Crippen LogP contribution in [0.2, 0.25) is 0 Å². The molecular weight excluding hydrogens is 414 g/mol. The molecule has 4 heteroatoms. The molecule has 16 heavy (non-hydrogen) atoms. The molecule has 1 aromatic carbocycles. The van der Waals surface area contributed by atoms with E-state index in [0.29, 0.717) is 22.9 Å². The Kier molecular flexibility index (Phi) is 7.15. The maximum atomic E-state index is 5.86. The third-order valence-electron chi connectivity index (χ3n) is 2.91. The number of rotatable bonds is 6. The first-order valence-electron chi connectivity index (χ1n) is 6.03. The predicted molar refractivity (Wildman–Crippen MR) is 74.8 cm³/mol. The molecule has 0 spiro atoms. The van der Waals surface area contributed by atoms with E-state index in [1.807, 2.05) is 0 Å². The zero-order chi connectivity index (χ0) is 12.0. The van der Waals surface area contributed by atoms with Crippen molar-refractivity contribution in [3.05, 3.63) is 28.8 Å². The van der Waals surface area contributed by atoms with Gasteiger partial charge in [-0.2, -0.15) is 0 Å². The van der Waals surface area contributed by atoms with Crippen LogP contribution >= 0.6 is 0 Å². The fraction of sp³-hybridized carbons (Fsp3) is 0.500. The van der Waals surface area contributed by atoms with Gasteiger partial charge in [-0.25, -0.2) is 0 Å². The van der Waals surface area contributed by atoms with Gasteiger partial charge in [0.2, 0.25) is 0 Å². The van der Waals surface area contributed by atoms with Crippen LogP contribution < -0.4 is 3.07 Å². The topological polar surface area (TPSA) is 18.5 Å². The van der Waals surface area contributed by atoms with Gasteiger partial charge in [0.05, 0.1) is 0 Å². The van der Waals surface area contributed by atoms with Gasteiger partial charge in [0.25, 0.3) is 0 Å². The summed E-state index contributed by atoms with van der Waals surface area (Å²) in [5.74, 6) is 1.10. The molecule has 0 fully saturated rings. The van der Waals surface area contributed by atoms with E-state index >= 15 is 0 Å². The summed E-state index contributed by atoms with van der Waals surface area (Å²) >= 11 is -1.01. The average molecular weight is 436 g/mol. The zero-order valence-electron chi connectivity index (χ0n) is 10.8. The summed E-state index contributed by atoms with van der Waals surface area (Å²) in [6, 6.07) is 4.36. The second kappa shape index (κ2) is 7.82. The first-order valence-corrected chi connectivity index (χ1v) is 11.7. The van der Waals surface area contributed by atoms with Crippen molar-refractivity contribution < 1.29 is 4.49 Å². The van der Waals surface area contributed by atoms with Gasteiger partial charge in [-0.3, -0.25) is 0 Å². The van der Waals surface area contributed by atoms with E-state index in [2.05, 4.69) is 32.9 Å². The molecule has 0 atom stereocenters. The molecule has 0 aromatic heterocycles. The van der Waals surface area contributed by atoms with Gasteiger partial charge in [-0.15, -0.1) is 0 Å². The Balaban J connectivity index is 3.10. The van der Waals surface area contributed by atoms with E-state index in [4.69, 9.17) is 4.49 Å². The van der Waals surface area contributed by atoms with Crippen molar-refractivity contribution >= 4 is 44.9 Å². The van der Waals surface area contributed by atoms with Gasteiger partial charge in [-0.1, -0.05) is 0 Å². The Morgan fingerprint density at radius 1 is 1.06 bits per heavy atom. The Hall–Kier alpha value is 0.577. The van der Waals surface area contributed by atoms with Crippen LogP contribution in [0.15, 0.2) is 12.1 Å². The molecule has 0 radical (unpaired) electrons. The molecule has 0 aliphatic heterocycles. The summed E-state index contributed by atoms with van der Waals surface area (Å²) in [6.07, 6.45) is 3.27. The molecular formula is C12H22O2Sn2. The predicted octanol–water partition coefficient (Wildman–Crippen LogP) is 1.05. The van der Waals surface area contributed by atoms with Crippen molar-refractivity contribution in [2.75, 3.05) is 0 Å². The quantitative estimate of drug-likeness (QED) is 0.622. The summed E-state index contributed by atoms with van der Waals surface area (Å²) < 4.78 is 11.2. The van der Waals surface area contributed by atoms with Crippen molar-refractivity contribution in [1.29, 1.82) is 0 Å². The van der Waals surface area contributed by atoms with E-state index in [1.54, 1.807) is 0 Å². The zero-order valence-corrected chi connectivity index (χ0v) is 20.5. The third-order valence-corrected chi connectivity index (χ3v) is 9.31. The fourth-order valence-corrected chi connectivity index (χ4v) is 5.86. The van der Waals surface area contributed by atoms with Crippen molar-refractivity contribution in [2.24, 2.45) is 0 Å². The van der Waals surface area contributed by atoms with E-state index < -0.39 is 22.0 Å². The summed E-state index contributed by atoms with van der Waals surface area (Å²) in [7, 11) is 0. The molecule has 0 amide bonds. The molecule has 0 heterocycles. The molecule has 0 aliphatic rings. The molecule has 1 aromatic rings. The molecule has 2 nitrogen and oxygen atoms in total. The second-order valence-electron chi connectivity index (χ2n) is 3.79. The number of benzene rings is 1. The van der Waals surface area contributed by atoms with Crippen molar-refractivity contribution in [3.8, 4) is 5.75 Å². The molecule has 0 saturated carbocycles. The number of aryl methyl sites for hydroxylation is 1. The molecule has 0 unspecified atom stereocenters. The summed E-state index contributed by atoms with van der Waals surface area (Å²) in [5, 5.41) is 0. The fourth-order valence-electron chi connectivity index (χ4n) is 2.14. The van der Waals surface area contributed by atoms with E-state index in [1.165, 1.54) is 16.7 Å². The molecule has 0 N–H and O–H groups in total. The second-order valence-corrected chi connectivity index (χ2v) is 18.0. The normalized spacial score (nSPS) is 11.4. The molecule has 90 valence electrons. The number of hydrogen-bond donors (Lipinski definition) is 0. The van der Waals surface area contributed by atoms with Crippen molar-refractivity contribution in [3.63, 3.8) is 0 Å². The van der Waals surface area contributed by atoms with Crippen LogP contribution in [0, 0.1) is 0 Å². The van der Waals surface area contributed by atoms with Crippen LogP contribution in [0.1, 0.15) is 37.5 Å². The SMILES string of the molecule is CCc1ccc([O][SnH2][O][SnH3])c(CC)c1CC. The van der Waals surface area contributed by atoms with Gasteiger partial charge in [0.15, 0.2) is 0 Å². The van der Waals surface area contributed by atoms with Crippen LogP contribution in [0.5, 0.6) is 5.75 Å². The molecule has 1 rings (SSSR count). The standard InChI is InChI=1S/C12H18O.O.2Sn.5H/c1-4-9-7-8-12(13)11(6-3)10(9)5-2;;;;;;;;/h7-8,13H,4-6H2,1-3H3;;;;;;;;/q;;;+1;;;;;/p-1. The minimum atomic E-state index is -1.36. The maximum absolute atomic E-state index is 5.86. The van der Waals surface area contributed by atoms with E-state index in [-0.39, 0.29) is 0 Å². The monoisotopic (exact) mass is 438 g/mol. The van der Waals surface area contributed by atoms with Crippen molar-refractivity contribution in [1.82, 2.24) is 0 Å². The molecule has 0 aliphatic carbocycles. The van der Waals surface area contributed by atoms with Gasteiger partial charge in [0.1, 0.15) is 0 Å². The first kappa shape index (κ1) is 14.6. The Morgan fingerprint density at radius 2 is 1.75 bits per heavy atom. The van der Waals surface area contributed by atoms with E-state index in [9.17, 15) is 0 Å². The Morgan fingerprint density at radius 3 is 2.25 bits per heavy atom. The molecule has 0 bridgehead atoms. The van der Waals surface area contributed by atoms with Crippen LogP contribution in [0.25, 0.3) is 0 Å². The van der Waals surface area contributed by atoms with Crippen LogP contribution in [-0.2, 0) is 20.7 Å². The average Bonchev–Trinajstić information content (AvgIpc) is 2.34. The van der Waals surface area contributed by atoms with E-state index in [0.717, 1.165) is 25.0 Å². The van der Waals surface area contributed by atoms with Gasteiger partial charge >= 0.3 is 124 Å². The van der Waals surface area contributed by atoms with Crippen LogP contribution in [0.3, 0.4) is 0 Å². The third kappa shape index (κ3) is 3.53. The van der Waals surface area contributed by atoms with Gasteiger partial charge < -0.3 is 0 Å². The van der Waals surface area contributed by atoms with Crippen molar-refractivity contribution in [2.45, 2.75) is 40.0 Å². The summed E-state index contributed by atoms with van der Waals surface area (Å²) in [6.45, 7) is 6.66. The van der Waals surface area contributed by atoms with Crippen LogP contribution in [0.4, 0.5) is 0 Å².